The van der Waals surface area contributed by atoms with Crippen molar-refractivity contribution in [1.29, 1.82) is 0 Å². The molecular weight excluding hydrogens is 286 g/mol. The highest BCUT2D eigenvalue weighted by Crippen LogP contribution is 2.20. The van der Waals surface area contributed by atoms with Crippen LogP contribution < -0.4 is 0 Å². The van der Waals surface area contributed by atoms with E-state index in [4.69, 9.17) is 0 Å². The van der Waals surface area contributed by atoms with Crippen molar-refractivity contribution in [2.75, 3.05) is 6.54 Å². The maximum atomic E-state index is 3.48. The monoisotopic (exact) mass is 301 g/mol. The van der Waals surface area contributed by atoms with E-state index in [1.54, 1.807) is 0 Å². The van der Waals surface area contributed by atoms with Crippen LogP contribution in [0.5, 0.6) is 0 Å². The summed E-state index contributed by atoms with van der Waals surface area (Å²) in [6.07, 6.45) is 1.17. The van der Waals surface area contributed by atoms with Crippen LogP contribution in [0.1, 0.15) is 16.7 Å². The molecule has 3 rings (SSSR count). The third kappa shape index (κ3) is 2.65. The first-order chi connectivity index (χ1) is 8.81. The second-order valence-electron chi connectivity index (χ2n) is 4.86. The smallest absolute Gasteiger partial charge is 0.0240 e. The van der Waals surface area contributed by atoms with E-state index in [0.29, 0.717) is 0 Å². The molecule has 0 radical (unpaired) electrons. The third-order valence-electron chi connectivity index (χ3n) is 3.53. The quantitative estimate of drug-likeness (QED) is 0.810. The SMILES string of the molecule is Brc1ccc(CN2CCc3ccccc3C2)cc1. The molecule has 0 amide bonds. The van der Waals surface area contributed by atoms with Crippen LogP contribution in [0.15, 0.2) is 53.0 Å². The molecule has 1 aliphatic heterocycles. The van der Waals surface area contributed by atoms with Gasteiger partial charge < -0.3 is 0 Å². The van der Waals surface area contributed by atoms with E-state index in [9.17, 15) is 0 Å². The summed E-state index contributed by atoms with van der Waals surface area (Å²) in [5, 5.41) is 0. The average Bonchev–Trinajstić information content (AvgIpc) is 2.41. The summed E-state index contributed by atoms with van der Waals surface area (Å²) >= 11 is 3.48. The summed E-state index contributed by atoms with van der Waals surface area (Å²) < 4.78 is 1.15. The van der Waals surface area contributed by atoms with Crippen molar-refractivity contribution in [3.05, 3.63) is 69.7 Å². The molecule has 18 heavy (non-hydrogen) atoms. The number of hydrogen-bond acceptors (Lipinski definition) is 1. The Hall–Kier alpha value is -1.12. The summed E-state index contributed by atoms with van der Waals surface area (Å²) in [4.78, 5) is 2.52. The normalized spacial score (nSPS) is 15.4. The van der Waals surface area contributed by atoms with Crippen LogP contribution in [0.25, 0.3) is 0 Å². The minimum absolute atomic E-state index is 1.04. The molecule has 0 saturated heterocycles. The van der Waals surface area contributed by atoms with Crippen molar-refractivity contribution >= 4 is 15.9 Å². The molecule has 1 aliphatic rings. The molecule has 0 atom stereocenters. The van der Waals surface area contributed by atoms with Crippen LogP contribution in [0.3, 0.4) is 0 Å². The second-order valence-corrected chi connectivity index (χ2v) is 5.77. The molecule has 0 unspecified atom stereocenters. The van der Waals surface area contributed by atoms with Crippen molar-refractivity contribution in [1.82, 2.24) is 4.90 Å². The average molecular weight is 302 g/mol. The minimum atomic E-state index is 1.04. The van der Waals surface area contributed by atoms with Crippen molar-refractivity contribution < 1.29 is 0 Å². The molecule has 0 aliphatic carbocycles. The maximum Gasteiger partial charge on any atom is 0.0240 e. The second kappa shape index (κ2) is 5.25. The molecule has 0 spiro atoms. The maximum absolute atomic E-state index is 3.48. The molecule has 0 bridgehead atoms. The lowest BCUT2D eigenvalue weighted by Crippen LogP contribution is -2.29. The Balaban J connectivity index is 1.71. The van der Waals surface area contributed by atoms with Crippen LogP contribution in [0, 0.1) is 0 Å². The fraction of sp³-hybridized carbons (Fsp3) is 0.250. The third-order valence-corrected chi connectivity index (χ3v) is 4.06. The van der Waals surface area contributed by atoms with Crippen molar-refractivity contribution in [3.63, 3.8) is 0 Å². The van der Waals surface area contributed by atoms with Gasteiger partial charge in [-0.2, -0.15) is 0 Å². The molecule has 0 aromatic heterocycles. The Kier molecular flexibility index (Phi) is 3.48. The van der Waals surface area contributed by atoms with E-state index >= 15 is 0 Å². The predicted molar refractivity (Wildman–Crippen MR) is 78.4 cm³/mol. The van der Waals surface area contributed by atoms with E-state index in [1.807, 2.05) is 0 Å². The van der Waals surface area contributed by atoms with Crippen LogP contribution in [0.2, 0.25) is 0 Å². The topological polar surface area (TPSA) is 3.24 Å². The first-order valence-electron chi connectivity index (χ1n) is 6.35. The Morgan fingerprint density at radius 2 is 1.67 bits per heavy atom. The largest absolute Gasteiger partial charge is 0.294 e. The van der Waals surface area contributed by atoms with Crippen LogP contribution in [-0.2, 0) is 19.5 Å². The summed E-state index contributed by atoms with van der Waals surface area (Å²) in [6, 6.07) is 17.4. The van der Waals surface area contributed by atoms with E-state index in [0.717, 1.165) is 24.1 Å². The highest BCUT2D eigenvalue weighted by Gasteiger charge is 2.15. The zero-order valence-electron chi connectivity index (χ0n) is 10.3. The van der Waals surface area contributed by atoms with Crippen LogP contribution in [0.4, 0.5) is 0 Å². The lowest BCUT2D eigenvalue weighted by molar-refractivity contribution is 0.245. The van der Waals surface area contributed by atoms with Gasteiger partial charge in [-0.1, -0.05) is 52.3 Å². The highest BCUT2D eigenvalue weighted by atomic mass is 79.9. The molecule has 92 valence electrons. The summed E-state index contributed by atoms with van der Waals surface area (Å²) in [6.45, 7) is 3.28. The van der Waals surface area contributed by atoms with Gasteiger partial charge in [-0.15, -0.1) is 0 Å². The van der Waals surface area contributed by atoms with Crippen molar-refractivity contribution in [2.45, 2.75) is 19.5 Å². The summed E-state index contributed by atoms with van der Waals surface area (Å²) in [5.74, 6) is 0. The van der Waals surface area contributed by atoms with E-state index in [2.05, 4.69) is 69.4 Å². The van der Waals surface area contributed by atoms with Gasteiger partial charge in [-0.25, -0.2) is 0 Å². The lowest BCUT2D eigenvalue weighted by Gasteiger charge is -2.28. The first-order valence-corrected chi connectivity index (χ1v) is 7.14. The molecule has 2 aromatic carbocycles. The number of hydrogen-bond donors (Lipinski definition) is 0. The van der Waals surface area contributed by atoms with Gasteiger partial charge in [0.15, 0.2) is 0 Å². The fourth-order valence-electron chi connectivity index (χ4n) is 2.54. The van der Waals surface area contributed by atoms with Crippen LogP contribution in [-0.4, -0.2) is 11.4 Å². The molecule has 1 nitrogen and oxygen atoms in total. The molecule has 0 saturated carbocycles. The van der Waals surface area contributed by atoms with E-state index in [1.165, 1.54) is 23.1 Å². The highest BCUT2D eigenvalue weighted by molar-refractivity contribution is 9.10. The Morgan fingerprint density at radius 3 is 2.44 bits per heavy atom. The van der Waals surface area contributed by atoms with Crippen molar-refractivity contribution in [3.8, 4) is 0 Å². The first kappa shape index (κ1) is 11.9. The Bertz CT molecular complexity index is 533. The molecular formula is C16H16BrN. The van der Waals surface area contributed by atoms with Crippen LogP contribution >= 0.6 is 15.9 Å². The molecule has 0 fully saturated rings. The molecule has 1 heterocycles. The molecule has 2 aromatic rings. The van der Waals surface area contributed by atoms with Gasteiger partial charge in [0, 0.05) is 24.1 Å². The summed E-state index contributed by atoms with van der Waals surface area (Å²) in [7, 11) is 0. The van der Waals surface area contributed by atoms with Crippen molar-refractivity contribution in [2.24, 2.45) is 0 Å². The van der Waals surface area contributed by atoms with Gasteiger partial charge in [-0.05, 0) is 35.2 Å². The Labute approximate surface area is 117 Å². The number of rotatable bonds is 2. The number of benzene rings is 2. The standard InChI is InChI=1S/C16H16BrN/c17-16-7-5-13(6-8-16)11-18-10-9-14-3-1-2-4-15(14)12-18/h1-8H,9-12H2. The number of fused-ring (bicyclic) bond motifs is 1. The van der Waals surface area contributed by atoms with Gasteiger partial charge in [0.1, 0.15) is 0 Å². The van der Waals surface area contributed by atoms with E-state index < -0.39 is 0 Å². The number of nitrogens with zero attached hydrogens (tertiary/aromatic N) is 1. The molecule has 0 N–H and O–H groups in total. The zero-order valence-corrected chi connectivity index (χ0v) is 11.9. The minimum Gasteiger partial charge on any atom is -0.294 e. The molecule has 2 heteroatoms. The summed E-state index contributed by atoms with van der Waals surface area (Å²) in [5.41, 5.74) is 4.39. The zero-order chi connectivity index (χ0) is 12.4. The lowest BCUT2D eigenvalue weighted by atomic mass is 9.99. The van der Waals surface area contributed by atoms with E-state index in [-0.39, 0.29) is 0 Å². The van der Waals surface area contributed by atoms with Gasteiger partial charge in [0.25, 0.3) is 0 Å². The van der Waals surface area contributed by atoms with Gasteiger partial charge in [0.05, 0.1) is 0 Å². The van der Waals surface area contributed by atoms with Gasteiger partial charge in [-0.3, -0.25) is 4.90 Å². The fourth-order valence-corrected chi connectivity index (χ4v) is 2.80. The van der Waals surface area contributed by atoms with Gasteiger partial charge in [0.2, 0.25) is 0 Å². The number of halogens is 1. The predicted octanol–water partition coefficient (Wildman–Crippen LogP) is 4.01. The van der Waals surface area contributed by atoms with Gasteiger partial charge >= 0.3 is 0 Å². The Morgan fingerprint density at radius 1 is 0.944 bits per heavy atom.